The molecule has 0 atom stereocenters. The molecule has 1 aliphatic rings. The zero-order valence-corrected chi connectivity index (χ0v) is 8.55. The van der Waals surface area contributed by atoms with Crippen LogP contribution in [0.3, 0.4) is 0 Å². The SMILES string of the molecule is CCc1ccc2c(n1)C(=O)CCCC2. The maximum atomic E-state index is 11.7. The summed E-state index contributed by atoms with van der Waals surface area (Å²) >= 11 is 0. The van der Waals surface area contributed by atoms with Gasteiger partial charge in [-0.15, -0.1) is 0 Å². The van der Waals surface area contributed by atoms with Crippen molar-refractivity contribution in [2.75, 3.05) is 0 Å². The first-order valence-corrected chi connectivity index (χ1v) is 5.33. The van der Waals surface area contributed by atoms with Gasteiger partial charge in [-0.1, -0.05) is 13.0 Å². The molecule has 1 aromatic rings. The van der Waals surface area contributed by atoms with E-state index in [1.165, 1.54) is 0 Å². The number of pyridine rings is 1. The Kier molecular flexibility index (Phi) is 2.62. The molecule has 0 spiro atoms. The van der Waals surface area contributed by atoms with E-state index in [-0.39, 0.29) is 5.78 Å². The molecular formula is C12H15NO. The Labute approximate surface area is 84.4 Å². The first-order chi connectivity index (χ1) is 6.81. The summed E-state index contributed by atoms with van der Waals surface area (Å²) in [5.74, 6) is 0.229. The van der Waals surface area contributed by atoms with E-state index in [1.54, 1.807) is 0 Å². The van der Waals surface area contributed by atoms with Gasteiger partial charge in [0.05, 0.1) is 0 Å². The second kappa shape index (κ2) is 3.91. The molecule has 1 aromatic heterocycles. The molecular weight excluding hydrogens is 174 g/mol. The fraction of sp³-hybridized carbons (Fsp3) is 0.500. The molecule has 14 heavy (non-hydrogen) atoms. The number of carbonyl (C=O) groups excluding carboxylic acids is 1. The van der Waals surface area contributed by atoms with Crippen molar-refractivity contribution in [2.24, 2.45) is 0 Å². The minimum absolute atomic E-state index is 0.229. The molecule has 0 fully saturated rings. The predicted molar refractivity (Wildman–Crippen MR) is 55.5 cm³/mol. The summed E-state index contributed by atoms with van der Waals surface area (Å²) in [6.07, 6.45) is 4.72. The van der Waals surface area contributed by atoms with Crippen molar-refractivity contribution in [3.05, 3.63) is 29.1 Å². The molecule has 2 rings (SSSR count). The zero-order chi connectivity index (χ0) is 9.97. The fourth-order valence-corrected chi connectivity index (χ4v) is 1.89. The third-order valence-corrected chi connectivity index (χ3v) is 2.76. The van der Waals surface area contributed by atoms with Crippen LogP contribution in [0.5, 0.6) is 0 Å². The highest BCUT2D eigenvalue weighted by Crippen LogP contribution is 2.19. The van der Waals surface area contributed by atoms with Gasteiger partial charge in [-0.2, -0.15) is 0 Å². The summed E-state index contributed by atoms with van der Waals surface area (Å²) in [5.41, 5.74) is 2.91. The molecule has 74 valence electrons. The number of rotatable bonds is 1. The van der Waals surface area contributed by atoms with Gasteiger partial charge in [0.15, 0.2) is 5.78 Å². The predicted octanol–water partition coefficient (Wildman–Crippen LogP) is 2.55. The van der Waals surface area contributed by atoms with Crippen molar-refractivity contribution >= 4 is 5.78 Å². The van der Waals surface area contributed by atoms with Crippen LogP contribution in [-0.2, 0) is 12.8 Å². The average Bonchev–Trinajstić information content (AvgIpc) is 2.40. The van der Waals surface area contributed by atoms with Crippen LogP contribution in [0.4, 0.5) is 0 Å². The topological polar surface area (TPSA) is 30.0 Å². The number of carbonyl (C=O) groups is 1. The van der Waals surface area contributed by atoms with Gasteiger partial charge >= 0.3 is 0 Å². The van der Waals surface area contributed by atoms with E-state index in [0.29, 0.717) is 6.42 Å². The van der Waals surface area contributed by atoms with Gasteiger partial charge in [0.25, 0.3) is 0 Å². The Hall–Kier alpha value is -1.18. The molecule has 0 aliphatic heterocycles. The van der Waals surface area contributed by atoms with Crippen LogP contribution < -0.4 is 0 Å². The highest BCUT2D eigenvalue weighted by molar-refractivity contribution is 5.95. The van der Waals surface area contributed by atoms with Crippen molar-refractivity contribution in [3.63, 3.8) is 0 Å². The minimum atomic E-state index is 0.229. The molecule has 0 aromatic carbocycles. The monoisotopic (exact) mass is 189 g/mol. The number of hydrogen-bond donors (Lipinski definition) is 0. The first kappa shape index (κ1) is 9.38. The van der Waals surface area contributed by atoms with Gasteiger partial charge in [0.2, 0.25) is 0 Å². The fourth-order valence-electron chi connectivity index (χ4n) is 1.89. The molecule has 0 N–H and O–H groups in total. The third-order valence-electron chi connectivity index (χ3n) is 2.76. The first-order valence-electron chi connectivity index (χ1n) is 5.33. The van der Waals surface area contributed by atoms with Crippen molar-refractivity contribution in [3.8, 4) is 0 Å². The Morgan fingerprint density at radius 3 is 2.86 bits per heavy atom. The van der Waals surface area contributed by atoms with E-state index in [0.717, 1.165) is 42.6 Å². The lowest BCUT2D eigenvalue weighted by Crippen LogP contribution is -2.05. The van der Waals surface area contributed by atoms with Crippen molar-refractivity contribution in [2.45, 2.75) is 39.0 Å². The van der Waals surface area contributed by atoms with Gasteiger partial charge in [-0.3, -0.25) is 4.79 Å². The number of ketones is 1. The lowest BCUT2D eigenvalue weighted by Gasteiger charge is -2.04. The zero-order valence-electron chi connectivity index (χ0n) is 8.55. The number of hydrogen-bond acceptors (Lipinski definition) is 2. The summed E-state index contributed by atoms with van der Waals surface area (Å²) in [6, 6.07) is 4.11. The van der Waals surface area contributed by atoms with Crippen molar-refractivity contribution in [1.29, 1.82) is 0 Å². The quantitative estimate of drug-likeness (QED) is 0.635. The second-order valence-corrected chi connectivity index (χ2v) is 3.79. The summed E-state index contributed by atoms with van der Waals surface area (Å²) in [6.45, 7) is 2.07. The Morgan fingerprint density at radius 2 is 2.07 bits per heavy atom. The molecule has 2 nitrogen and oxygen atoms in total. The molecule has 1 aliphatic carbocycles. The van der Waals surface area contributed by atoms with Crippen LogP contribution in [0.25, 0.3) is 0 Å². The molecule has 0 saturated heterocycles. The Balaban J connectivity index is 2.44. The second-order valence-electron chi connectivity index (χ2n) is 3.79. The van der Waals surface area contributed by atoms with Gasteiger partial charge in [0, 0.05) is 12.1 Å². The van der Waals surface area contributed by atoms with E-state index in [9.17, 15) is 4.79 Å². The van der Waals surface area contributed by atoms with Crippen LogP contribution in [-0.4, -0.2) is 10.8 Å². The molecule has 2 heteroatoms. The normalized spacial score (nSPS) is 16.2. The smallest absolute Gasteiger partial charge is 0.181 e. The molecule has 1 heterocycles. The van der Waals surface area contributed by atoms with Crippen LogP contribution >= 0.6 is 0 Å². The number of aromatic nitrogens is 1. The summed E-state index contributed by atoms with van der Waals surface area (Å²) in [7, 11) is 0. The molecule has 0 amide bonds. The van der Waals surface area contributed by atoms with Crippen LogP contribution in [0.15, 0.2) is 12.1 Å². The third kappa shape index (κ3) is 1.69. The maximum Gasteiger partial charge on any atom is 0.181 e. The number of fused-ring (bicyclic) bond motifs is 1. The maximum absolute atomic E-state index is 11.7. The number of Topliss-reactive ketones (excluding diaryl/α,β-unsaturated/α-hetero) is 1. The van der Waals surface area contributed by atoms with Crippen LogP contribution in [0.2, 0.25) is 0 Å². The van der Waals surface area contributed by atoms with E-state index >= 15 is 0 Å². The van der Waals surface area contributed by atoms with E-state index < -0.39 is 0 Å². The lowest BCUT2D eigenvalue weighted by atomic mass is 10.1. The van der Waals surface area contributed by atoms with Crippen LogP contribution in [0, 0.1) is 0 Å². The number of aryl methyl sites for hydroxylation is 2. The van der Waals surface area contributed by atoms with Gasteiger partial charge < -0.3 is 0 Å². The lowest BCUT2D eigenvalue weighted by molar-refractivity contribution is 0.0977. The molecule has 0 unspecified atom stereocenters. The Bertz CT molecular complexity index is 357. The highest BCUT2D eigenvalue weighted by atomic mass is 16.1. The van der Waals surface area contributed by atoms with Crippen molar-refractivity contribution in [1.82, 2.24) is 4.98 Å². The van der Waals surface area contributed by atoms with E-state index in [1.807, 2.05) is 6.07 Å². The van der Waals surface area contributed by atoms with Gasteiger partial charge in [-0.25, -0.2) is 4.98 Å². The molecule has 0 saturated carbocycles. The number of nitrogens with zero attached hydrogens (tertiary/aromatic N) is 1. The standard InChI is InChI=1S/C12H15NO/c1-2-10-8-7-9-5-3-4-6-11(14)12(9)13-10/h7-8H,2-6H2,1H3. The van der Waals surface area contributed by atoms with Crippen LogP contribution in [0.1, 0.15) is 47.9 Å². The summed E-state index contributed by atoms with van der Waals surface area (Å²) in [4.78, 5) is 16.1. The largest absolute Gasteiger partial charge is 0.292 e. The van der Waals surface area contributed by atoms with Gasteiger partial charge in [0.1, 0.15) is 5.69 Å². The highest BCUT2D eigenvalue weighted by Gasteiger charge is 2.16. The summed E-state index contributed by atoms with van der Waals surface area (Å²) < 4.78 is 0. The van der Waals surface area contributed by atoms with Crippen molar-refractivity contribution < 1.29 is 4.79 Å². The molecule has 0 radical (unpaired) electrons. The summed E-state index contributed by atoms with van der Waals surface area (Å²) in [5, 5.41) is 0. The van der Waals surface area contributed by atoms with E-state index in [4.69, 9.17) is 0 Å². The Morgan fingerprint density at radius 1 is 1.29 bits per heavy atom. The van der Waals surface area contributed by atoms with E-state index in [2.05, 4.69) is 18.0 Å². The van der Waals surface area contributed by atoms with Gasteiger partial charge in [-0.05, 0) is 37.3 Å². The minimum Gasteiger partial charge on any atom is -0.292 e. The molecule has 0 bridgehead atoms. The average molecular weight is 189 g/mol.